The molecule has 1 fully saturated rings. The van der Waals surface area contributed by atoms with Crippen molar-refractivity contribution in [1.82, 2.24) is 15.0 Å². The van der Waals surface area contributed by atoms with E-state index in [0.29, 0.717) is 35.6 Å². The fraction of sp³-hybridized carbons (Fsp3) is 0.471. The molecule has 128 valence electrons. The van der Waals surface area contributed by atoms with Crippen molar-refractivity contribution in [3.63, 3.8) is 0 Å². The summed E-state index contributed by atoms with van der Waals surface area (Å²) in [6.07, 6.45) is 1.35. The summed E-state index contributed by atoms with van der Waals surface area (Å²) in [4.78, 5) is 17.8. The van der Waals surface area contributed by atoms with Gasteiger partial charge in [0.05, 0.1) is 5.92 Å². The van der Waals surface area contributed by atoms with Gasteiger partial charge in [-0.15, -0.1) is 0 Å². The Morgan fingerprint density at radius 2 is 2.12 bits per heavy atom. The van der Waals surface area contributed by atoms with Gasteiger partial charge in [0.25, 0.3) is 0 Å². The molecule has 1 aromatic carbocycles. The van der Waals surface area contributed by atoms with Gasteiger partial charge in [0.2, 0.25) is 11.7 Å². The second-order valence-corrected chi connectivity index (χ2v) is 6.84. The zero-order chi connectivity index (χ0) is 17.1. The number of aromatic nitrogens is 2. The van der Waals surface area contributed by atoms with Crippen LogP contribution in [-0.2, 0) is 11.2 Å². The van der Waals surface area contributed by atoms with Crippen molar-refractivity contribution >= 4 is 17.6 Å². The Labute approximate surface area is 145 Å². The number of aliphatic carboxylic acids is 1. The predicted octanol–water partition coefficient (Wildman–Crippen LogP) is 2.98. The number of carboxylic acid groups (broad SMARTS) is 1. The number of rotatable bonds is 5. The van der Waals surface area contributed by atoms with E-state index in [1.807, 2.05) is 12.1 Å². The highest BCUT2D eigenvalue weighted by Crippen LogP contribution is 2.22. The SMILES string of the molecule is CC1CC(C(=O)O)CN(CCc2nc(-c3ccc(Cl)cc3)no2)C1. The van der Waals surface area contributed by atoms with E-state index in [1.54, 1.807) is 12.1 Å². The van der Waals surface area contributed by atoms with E-state index in [1.165, 1.54) is 0 Å². The van der Waals surface area contributed by atoms with Crippen LogP contribution in [0, 0.1) is 11.8 Å². The third kappa shape index (κ3) is 4.13. The molecule has 2 aromatic rings. The molecule has 0 amide bonds. The van der Waals surface area contributed by atoms with Gasteiger partial charge < -0.3 is 14.5 Å². The van der Waals surface area contributed by atoms with Crippen molar-refractivity contribution in [2.45, 2.75) is 19.8 Å². The Balaban J connectivity index is 1.59. The molecule has 1 N–H and O–H groups in total. The largest absolute Gasteiger partial charge is 0.481 e. The number of likely N-dealkylation sites (tertiary alicyclic amines) is 1. The Hall–Kier alpha value is -1.92. The normalized spacial score (nSPS) is 21.8. The lowest BCUT2D eigenvalue weighted by Gasteiger charge is -2.34. The second kappa shape index (κ2) is 7.32. The molecule has 1 saturated heterocycles. The monoisotopic (exact) mass is 349 g/mol. The van der Waals surface area contributed by atoms with Crippen LogP contribution in [0.15, 0.2) is 28.8 Å². The summed E-state index contributed by atoms with van der Waals surface area (Å²) in [7, 11) is 0. The van der Waals surface area contributed by atoms with Crippen molar-refractivity contribution < 1.29 is 14.4 Å². The minimum Gasteiger partial charge on any atom is -0.481 e. The van der Waals surface area contributed by atoms with Gasteiger partial charge in [0, 0.05) is 36.6 Å². The molecule has 7 heteroatoms. The van der Waals surface area contributed by atoms with Gasteiger partial charge in [-0.2, -0.15) is 4.98 Å². The molecule has 0 bridgehead atoms. The highest BCUT2D eigenvalue weighted by molar-refractivity contribution is 6.30. The second-order valence-electron chi connectivity index (χ2n) is 6.40. The van der Waals surface area contributed by atoms with Crippen LogP contribution in [0.4, 0.5) is 0 Å². The van der Waals surface area contributed by atoms with E-state index in [2.05, 4.69) is 22.0 Å². The van der Waals surface area contributed by atoms with Crippen LogP contribution < -0.4 is 0 Å². The third-order valence-corrected chi connectivity index (χ3v) is 4.55. The van der Waals surface area contributed by atoms with Crippen molar-refractivity contribution in [3.8, 4) is 11.4 Å². The van der Waals surface area contributed by atoms with E-state index < -0.39 is 5.97 Å². The first-order valence-corrected chi connectivity index (χ1v) is 8.42. The average molecular weight is 350 g/mol. The van der Waals surface area contributed by atoms with Crippen molar-refractivity contribution in [1.29, 1.82) is 0 Å². The summed E-state index contributed by atoms with van der Waals surface area (Å²) in [6, 6.07) is 7.27. The average Bonchev–Trinajstić information content (AvgIpc) is 3.02. The van der Waals surface area contributed by atoms with Crippen LogP contribution in [0.1, 0.15) is 19.2 Å². The fourth-order valence-electron chi connectivity index (χ4n) is 3.15. The van der Waals surface area contributed by atoms with Crippen LogP contribution in [0.5, 0.6) is 0 Å². The van der Waals surface area contributed by atoms with Crippen molar-refractivity contribution in [3.05, 3.63) is 35.2 Å². The molecule has 1 aliphatic heterocycles. The molecule has 0 radical (unpaired) electrons. The van der Waals surface area contributed by atoms with Gasteiger partial charge in [-0.1, -0.05) is 23.7 Å². The quantitative estimate of drug-likeness (QED) is 0.893. The van der Waals surface area contributed by atoms with E-state index in [-0.39, 0.29) is 5.92 Å². The van der Waals surface area contributed by atoms with Gasteiger partial charge in [-0.3, -0.25) is 4.79 Å². The van der Waals surface area contributed by atoms with Crippen molar-refractivity contribution in [2.75, 3.05) is 19.6 Å². The summed E-state index contributed by atoms with van der Waals surface area (Å²) in [5, 5.41) is 13.9. The first-order chi connectivity index (χ1) is 11.5. The summed E-state index contributed by atoms with van der Waals surface area (Å²) in [6.45, 7) is 4.30. The zero-order valence-electron chi connectivity index (χ0n) is 13.5. The molecule has 1 aliphatic rings. The Kier molecular flexibility index (Phi) is 5.16. The Morgan fingerprint density at radius 1 is 1.38 bits per heavy atom. The van der Waals surface area contributed by atoms with Crippen LogP contribution in [0.3, 0.4) is 0 Å². The number of halogens is 1. The van der Waals surface area contributed by atoms with Crippen LogP contribution in [-0.4, -0.2) is 45.8 Å². The number of carboxylic acids is 1. The standard InChI is InChI=1S/C17H20ClN3O3/c1-11-8-13(17(22)23)10-21(9-11)7-6-15-19-16(20-24-15)12-2-4-14(18)5-3-12/h2-5,11,13H,6-10H2,1H3,(H,22,23). The number of piperidine rings is 1. The minimum absolute atomic E-state index is 0.291. The van der Waals surface area contributed by atoms with Gasteiger partial charge >= 0.3 is 5.97 Å². The molecule has 0 aliphatic carbocycles. The van der Waals surface area contributed by atoms with Crippen LogP contribution >= 0.6 is 11.6 Å². The molecule has 2 atom stereocenters. The summed E-state index contributed by atoms with van der Waals surface area (Å²) in [5.41, 5.74) is 0.854. The van der Waals surface area contributed by atoms with Crippen molar-refractivity contribution in [2.24, 2.45) is 11.8 Å². The maximum Gasteiger partial charge on any atom is 0.307 e. The first-order valence-electron chi connectivity index (χ1n) is 8.05. The lowest BCUT2D eigenvalue weighted by atomic mass is 9.90. The third-order valence-electron chi connectivity index (χ3n) is 4.30. The van der Waals surface area contributed by atoms with Crippen LogP contribution in [0.2, 0.25) is 5.02 Å². The Morgan fingerprint density at radius 3 is 2.83 bits per heavy atom. The van der Waals surface area contributed by atoms with Crippen LogP contribution in [0.25, 0.3) is 11.4 Å². The number of hydrogen-bond acceptors (Lipinski definition) is 5. The van der Waals surface area contributed by atoms with Gasteiger partial charge in [-0.25, -0.2) is 0 Å². The first kappa shape index (κ1) is 16.9. The highest BCUT2D eigenvalue weighted by atomic mass is 35.5. The maximum atomic E-state index is 11.2. The molecule has 0 spiro atoms. The number of hydrogen-bond donors (Lipinski definition) is 1. The summed E-state index contributed by atoms with van der Waals surface area (Å²) < 4.78 is 5.30. The molecular weight excluding hydrogens is 330 g/mol. The lowest BCUT2D eigenvalue weighted by molar-refractivity contribution is -0.144. The fourth-order valence-corrected chi connectivity index (χ4v) is 3.28. The van der Waals surface area contributed by atoms with E-state index in [4.69, 9.17) is 16.1 Å². The molecule has 0 saturated carbocycles. The maximum absolute atomic E-state index is 11.2. The van der Waals surface area contributed by atoms with E-state index in [0.717, 1.165) is 25.1 Å². The van der Waals surface area contributed by atoms with Gasteiger partial charge in [0.1, 0.15) is 0 Å². The topological polar surface area (TPSA) is 79.5 Å². The lowest BCUT2D eigenvalue weighted by Crippen LogP contribution is -2.43. The molecular formula is C17H20ClN3O3. The predicted molar refractivity (Wildman–Crippen MR) is 89.8 cm³/mol. The van der Waals surface area contributed by atoms with E-state index in [9.17, 15) is 9.90 Å². The summed E-state index contributed by atoms with van der Waals surface area (Å²) in [5.74, 6) is 0.477. The number of benzene rings is 1. The molecule has 2 heterocycles. The summed E-state index contributed by atoms with van der Waals surface area (Å²) >= 11 is 5.87. The highest BCUT2D eigenvalue weighted by Gasteiger charge is 2.29. The minimum atomic E-state index is -0.714. The number of nitrogens with zero attached hydrogens (tertiary/aromatic N) is 3. The van der Waals surface area contributed by atoms with Gasteiger partial charge in [-0.05, 0) is 36.6 Å². The smallest absolute Gasteiger partial charge is 0.307 e. The molecule has 24 heavy (non-hydrogen) atoms. The molecule has 1 aromatic heterocycles. The molecule has 6 nitrogen and oxygen atoms in total. The van der Waals surface area contributed by atoms with E-state index >= 15 is 0 Å². The molecule has 3 rings (SSSR count). The number of carbonyl (C=O) groups is 1. The van der Waals surface area contributed by atoms with Gasteiger partial charge in [0.15, 0.2) is 0 Å². The Bertz CT molecular complexity index is 701. The zero-order valence-corrected chi connectivity index (χ0v) is 14.2. The molecule has 2 unspecified atom stereocenters.